The molecule has 0 unspecified atom stereocenters. The molecule has 6 rings (SSSR count). The molecule has 0 saturated heterocycles. The molecule has 53 heavy (non-hydrogen) atoms. The van der Waals surface area contributed by atoms with E-state index in [-0.39, 0.29) is 18.9 Å². The SMILES string of the molecule is C=CC[C@@]1(C(=O)NCCc2ccc(OCc3ccccc3)c(OCc3ccccc3)c2)N=C(c2ccc(OCCCO)cc2)O[C@@H]1c1ccccc1Br. The summed E-state index contributed by atoms with van der Waals surface area (Å²) < 4.78 is 25.6. The van der Waals surface area contributed by atoms with Gasteiger partial charge < -0.3 is 29.4 Å². The number of aliphatic imine (C=N–C) groups is 1. The minimum Gasteiger partial charge on any atom is -0.494 e. The van der Waals surface area contributed by atoms with Gasteiger partial charge >= 0.3 is 0 Å². The quantitative estimate of drug-likeness (QED) is 0.0684. The van der Waals surface area contributed by atoms with E-state index in [1.54, 1.807) is 6.08 Å². The monoisotopic (exact) mass is 774 g/mol. The Kier molecular flexibility index (Phi) is 13.0. The van der Waals surface area contributed by atoms with Crippen molar-refractivity contribution in [3.63, 3.8) is 0 Å². The summed E-state index contributed by atoms with van der Waals surface area (Å²) in [7, 11) is 0. The molecule has 0 aliphatic carbocycles. The number of carbonyl (C=O) groups excluding carboxylic acids is 1. The van der Waals surface area contributed by atoms with Crippen molar-refractivity contribution in [3.8, 4) is 17.2 Å². The normalized spacial score (nSPS) is 16.3. The lowest BCUT2D eigenvalue weighted by Crippen LogP contribution is -2.48. The van der Waals surface area contributed by atoms with E-state index in [1.165, 1.54) is 0 Å². The second-order valence-corrected chi connectivity index (χ2v) is 13.5. The molecule has 0 fully saturated rings. The molecule has 2 N–H and O–H groups in total. The van der Waals surface area contributed by atoms with Crippen LogP contribution in [0.5, 0.6) is 17.2 Å². The van der Waals surface area contributed by atoms with Gasteiger partial charge in [-0.3, -0.25) is 4.79 Å². The van der Waals surface area contributed by atoms with Crippen LogP contribution in [0.15, 0.2) is 150 Å². The molecule has 0 radical (unpaired) electrons. The number of nitrogens with one attached hydrogen (secondary N) is 1. The summed E-state index contributed by atoms with van der Waals surface area (Å²) in [4.78, 5) is 19.4. The second kappa shape index (κ2) is 18.4. The smallest absolute Gasteiger partial charge is 0.252 e. The largest absolute Gasteiger partial charge is 0.494 e. The van der Waals surface area contributed by atoms with E-state index in [1.807, 2.05) is 127 Å². The molecule has 0 aromatic heterocycles. The Morgan fingerprint density at radius 1 is 0.830 bits per heavy atom. The van der Waals surface area contributed by atoms with E-state index < -0.39 is 11.6 Å². The van der Waals surface area contributed by atoms with E-state index in [9.17, 15) is 4.79 Å². The highest BCUT2D eigenvalue weighted by molar-refractivity contribution is 9.10. The summed E-state index contributed by atoms with van der Waals surface area (Å²) in [5.74, 6) is 2.04. The maximum Gasteiger partial charge on any atom is 0.252 e. The highest BCUT2D eigenvalue weighted by Crippen LogP contribution is 2.45. The third-order valence-corrected chi connectivity index (χ3v) is 9.58. The third-order valence-electron chi connectivity index (χ3n) is 8.85. The lowest BCUT2D eigenvalue weighted by atomic mass is 9.84. The Labute approximate surface area is 319 Å². The zero-order valence-corrected chi connectivity index (χ0v) is 31.0. The predicted molar refractivity (Wildman–Crippen MR) is 210 cm³/mol. The first kappa shape index (κ1) is 37.4. The van der Waals surface area contributed by atoms with Crippen LogP contribution < -0.4 is 19.5 Å². The van der Waals surface area contributed by atoms with Gasteiger partial charge in [0.1, 0.15) is 19.0 Å². The van der Waals surface area contributed by atoms with Gasteiger partial charge in [0, 0.05) is 41.6 Å². The van der Waals surface area contributed by atoms with E-state index in [2.05, 4.69) is 27.8 Å². The number of carbonyl (C=O) groups is 1. The first-order valence-electron chi connectivity index (χ1n) is 17.7. The van der Waals surface area contributed by atoms with Gasteiger partial charge in [-0.1, -0.05) is 107 Å². The van der Waals surface area contributed by atoms with Crippen molar-refractivity contribution in [2.75, 3.05) is 19.8 Å². The van der Waals surface area contributed by atoms with Gasteiger partial charge in [-0.05, 0) is 65.6 Å². The molecule has 2 atom stereocenters. The van der Waals surface area contributed by atoms with Gasteiger partial charge in [0.25, 0.3) is 5.91 Å². The van der Waals surface area contributed by atoms with Crippen molar-refractivity contribution in [1.29, 1.82) is 0 Å². The van der Waals surface area contributed by atoms with Crippen molar-refractivity contribution < 1.29 is 28.8 Å². The van der Waals surface area contributed by atoms with Crippen LogP contribution in [0.3, 0.4) is 0 Å². The number of amides is 1. The molecule has 1 aliphatic rings. The minimum atomic E-state index is -1.31. The van der Waals surface area contributed by atoms with Crippen LogP contribution in [-0.4, -0.2) is 42.2 Å². The van der Waals surface area contributed by atoms with Gasteiger partial charge in [-0.15, -0.1) is 6.58 Å². The fraction of sp³-hybridized carbons (Fsp3) is 0.227. The van der Waals surface area contributed by atoms with Crippen molar-refractivity contribution in [3.05, 3.63) is 172 Å². The van der Waals surface area contributed by atoms with E-state index in [0.29, 0.717) is 67.9 Å². The Balaban J connectivity index is 1.21. The topological polar surface area (TPSA) is 98.6 Å². The first-order valence-corrected chi connectivity index (χ1v) is 18.5. The fourth-order valence-corrected chi connectivity index (χ4v) is 6.58. The molecule has 5 aromatic rings. The van der Waals surface area contributed by atoms with E-state index in [4.69, 9.17) is 29.0 Å². The van der Waals surface area contributed by atoms with Crippen LogP contribution in [0.1, 0.15) is 46.8 Å². The summed E-state index contributed by atoms with van der Waals surface area (Å²) in [6, 6.07) is 41.0. The number of hydrogen-bond acceptors (Lipinski definition) is 7. The molecular formula is C44H43BrN2O6. The van der Waals surface area contributed by atoms with Crippen LogP contribution in [0.25, 0.3) is 0 Å². The number of hydrogen-bond donors (Lipinski definition) is 2. The lowest BCUT2D eigenvalue weighted by molar-refractivity contribution is -0.128. The van der Waals surface area contributed by atoms with Gasteiger partial charge in [0.15, 0.2) is 23.1 Å². The zero-order chi connectivity index (χ0) is 36.9. The van der Waals surface area contributed by atoms with E-state index in [0.717, 1.165) is 26.7 Å². The standard InChI is InChI=1S/C44H43BrN2O6/c1-2-25-44(41(37-16-9-10-17-38(37)45)53-42(47-44)35-19-21-36(22-20-35)50-28-11-27-48)43(49)46-26-24-32-18-23-39(51-30-33-12-5-3-6-13-33)40(29-32)52-31-34-14-7-4-8-15-34/h2-10,12-23,29,41,48H,1,11,24-28,30-31H2,(H,46,49)/t41-,44-/m1/s1. The van der Waals surface area contributed by atoms with Crippen molar-refractivity contribution in [2.24, 2.45) is 4.99 Å². The second-order valence-electron chi connectivity index (χ2n) is 12.6. The Morgan fingerprint density at radius 3 is 2.15 bits per heavy atom. The average molecular weight is 776 g/mol. The summed E-state index contributed by atoms with van der Waals surface area (Å²) >= 11 is 3.68. The van der Waals surface area contributed by atoms with Crippen molar-refractivity contribution >= 4 is 27.7 Å². The lowest BCUT2D eigenvalue weighted by Gasteiger charge is -2.30. The number of rotatable bonds is 18. The molecular weight excluding hydrogens is 732 g/mol. The van der Waals surface area contributed by atoms with Gasteiger partial charge in [-0.2, -0.15) is 0 Å². The molecule has 8 nitrogen and oxygen atoms in total. The number of aliphatic hydroxyl groups is 1. The number of benzene rings is 5. The molecule has 0 saturated carbocycles. The van der Waals surface area contributed by atoms with Crippen molar-refractivity contribution in [2.45, 2.75) is 44.1 Å². The third kappa shape index (κ3) is 9.54. The van der Waals surface area contributed by atoms with Crippen molar-refractivity contribution in [1.82, 2.24) is 5.32 Å². The van der Waals surface area contributed by atoms with Gasteiger partial charge in [-0.25, -0.2) is 4.99 Å². The maximum atomic E-state index is 14.4. The predicted octanol–water partition coefficient (Wildman–Crippen LogP) is 8.56. The Hall–Kier alpha value is -5.38. The number of nitrogens with zero attached hydrogens (tertiary/aromatic N) is 1. The highest BCUT2D eigenvalue weighted by atomic mass is 79.9. The molecule has 5 aromatic carbocycles. The molecule has 0 bridgehead atoms. The molecule has 9 heteroatoms. The first-order chi connectivity index (χ1) is 26.0. The molecule has 0 spiro atoms. The highest BCUT2D eigenvalue weighted by Gasteiger charge is 2.52. The molecule has 1 amide bonds. The number of aliphatic hydroxyl groups excluding tert-OH is 1. The number of ether oxygens (including phenoxy) is 4. The maximum absolute atomic E-state index is 14.4. The van der Waals surface area contributed by atoms with Gasteiger partial charge in [0.05, 0.1) is 6.61 Å². The number of halogens is 1. The summed E-state index contributed by atoms with van der Waals surface area (Å²) in [5, 5.41) is 12.2. The average Bonchev–Trinajstić information content (AvgIpc) is 3.58. The van der Waals surface area contributed by atoms with Crippen LogP contribution in [-0.2, 0) is 29.2 Å². The summed E-state index contributed by atoms with van der Waals surface area (Å²) in [5.41, 5.74) is 3.30. The molecule has 1 heterocycles. The summed E-state index contributed by atoms with van der Waals surface area (Å²) in [6.45, 7) is 5.62. The summed E-state index contributed by atoms with van der Waals surface area (Å²) in [6.07, 6.45) is 2.34. The minimum absolute atomic E-state index is 0.0628. The Morgan fingerprint density at radius 2 is 1.49 bits per heavy atom. The van der Waals surface area contributed by atoms with Crippen LogP contribution in [0.4, 0.5) is 0 Å². The molecule has 272 valence electrons. The zero-order valence-electron chi connectivity index (χ0n) is 29.5. The fourth-order valence-electron chi connectivity index (χ4n) is 6.08. The van der Waals surface area contributed by atoms with E-state index >= 15 is 0 Å². The van der Waals surface area contributed by atoms with Gasteiger partial charge in [0.2, 0.25) is 5.90 Å². The molecule has 1 aliphatic heterocycles. The van der Waals surface area contributed by atoms with Crippen LogP contribution in [0.2, 0.25) is 0 Å². The van der Waals surface area contributed by atoms with Crippen LogP contribution >= 0.6 is 15.9 Å². The Bertz CT molecular complexity index is 1990. The van der Waals surface area contributed by atoms with Crippen LogP contribution in [0, 0.1) is 0 Å².